The normalized spacial score (nSPS) is 20.0. The van der Waals surface area contributed by atoms with E-state index in [4.69, 9.17) is 11.6 Å². The molecule has 0 saturated carbocycles. The number of rotatable bonds is 7. The minimum absolute atomic E-state index is 0.0425. The van der Waals surface area contributed by atoms with Gasteiger partial charge < -0.3 is 25.2 Å². The Labute approximate surface area is 211 Å². The Morgan fingerprint density at radius 2 is 1.71 bits per heavy atom. The van der Waals surface area contributed by atoms with Gasteiger partial charge in [-0.25, -0.2) is 0 Å². The monoisotopic (exact) mass is 502 g/mol. The molecule has 2 aliphatic rings. The predicted octanol–water partition coefficient (Wildman–Crippen LogP) is 3.61. The van der Waals surface area contributed by atoms with Crippen LogP contribution in [0.15, 0.2) is 24.3 Å². The Morgan fingerprint density at radius 3 is 2.34 bits per heavy atom. The standard InChI is InChI=1S/C26H35ClN4O4/c1-16(26(34)35)13-23(29-24(32)22-15-19-14-20(27)3-4-21(19)28-22)25(33)31-11-7-18(8-12-31)17-5-9-30(2)10-6-17/h3-4,14-18,23,28H,5-13H2,1-2H3,(H,29,32)(H,34,35)/t16?,23-/m1/s1. The Kier molecular flexibility index (Phi) is 8.02. The molecule has 0 spiro atoms. The first-order valence-corrected chi connectivity index (χ1v) is 12.9. The van der Waals surface area contributed by atoms with E-state index < -0.39 is 23.8 Å². The molecule has 3 heterocycles. The molecule has 35 heavy (non-hydrogen) atoms. The van der Waals surface area contributed by atoms with Crippen molar-refractivity contribution in [2.24, 2.45) is 17.8 Å². The predicted molar refractivity (Wildman–Crippen MR) is 136 cm³/mol. The zero-order valence-corrected chi connectivity index (χ0v) is 21.2. The fourth-order valence-electron chi connectivity index (χ4n) is 5.45. The number of carbonyl (C=O) groups excluding carboxylic acids is 2. The molecule has 1 aromatic heterocycles. The number of benzene rings is 1. The van der Waals surface area contributed by atoms with Crippen molar-refractivity contribution in [1.29, 1.82) is 0 Å². The van der Waals surface area contributed by atoms with Crippen molar-refractivity contribution in [1.82, 2.24) is 20.1 Å². The van der Waals surface area contributed by atoms with Crippen molar-refractivity contribution in [2.75, 3.05) is 33.2 Å². The fourth-order valence-corrected chi connectivity index (χ4v) is 5.63. The van der Waals surface area contributed by atoms with Crippen LogP contribution in [0.25, 0.3) is 10.9 Å². The molecule has 0 bridgehead atoms. The van der Waals surface area contributed by atoms with E-state index in [1.165, 1.54) is 12.8 Å². The average Bonchev–Trinajstić information content (AvgIpc) is 3.27. The minimum Gasteiger partial charge on any atom is -0.481 e. The lowest BCUT2D eigenvalue weighted by Gasteiger charge is -2.40. The number of carboxylic acid groups (broad SMARTS) is 1. The van der Waals surface area contributed by atoms with Crippen molar-refractivity contribution in [3.63, 3.8) is 0 Å². The second-order valence-electron chi connectivity index (χ2n) is 10.2. The summed E-state index contributed by atoms with van der Waals surface area (Å²) in [4.78, 5) is 45.2. The Morgan fingerprint density at radius 1 is 1.09 bits per heavy atom. The number of halogens is 1. The van der Waals surface area contributed by atoms with Gasteiger partial charge >= 0.3 is 5.97 Å². The molecule has 2 aromatic rings. The fraction of sp³-hybridized carbons (Fsp3) is 0.577. The number of likely N-dealkylation sites (tertiary alicyclic amines) is 2. The quantitative estimate of drug-likeness (QED) is 0.536. The topological polar surface area (TPSA) is 106 Å². The highest BCUT2D eigenvalue weighted by molar-refractivity contribution is 6.31. The first-order valence-electron chi connectivity index (χ1n) is 12.5. The Bertz CT molecular complexity index is 1070. The molecule has 9 heteroatoms. The molecule has 2 aliphatic heterocycles. The molecule has 2 amide bonds. The van der Waals surface area contributed by atoms with E-state index in [9.17, 15) is 19.5 Å². The summed E-state index contributed by atoms with van der Waals surface area (Å²) in [5.41, 5.74) is 1.07. The number of aromatic nitrogens is 1. The second kappa shape index (κ2) is 11.0. The highest BCUT2D eigenvalue weighted by Gasteiger charge is 2.34. The van der Waals surface area contributed by atoms with Gasteiger partial charge in [-0.1, -0.05) is 18.5 Å². The van der Waals surface area contributed by atoms with Crippen molar-refractivity contribution < 1.29 is 19.5 Å². The van der Waals surface area contributed by atoms with E-state index in [0.29, 0.717) is 35.6 Å². The van der Waals surface area contributed by atoms with Gasteiger partial charge in [0.05, 0.1) is 5.92 Å². The van der Waals surface area contributed by atoms with Crippen LogP contribution in [-0.2, 0) is 9.59 Å². The van der Waals surface area contributed by atoms with Crippen molar-refractivity contribution in [2.45, 2.75) is 45.1 Å². The van der Waals surface area contributed by atoms with Crippen molar-refractivity contribution in [3.8, 4) is 0 Å². The molecule has 2 fully saturated rings. The number of amides is 2. The number of carbonyl (C=O) groups is 3. The van der Waals surface area contributed by atoms with Crippen LogP contribution in [0.5, 0.6) is 0 Å². The van der Waals surface area contributed by atoms with Crippen molar-refractivity contribution >= 4 is 40.3 Å². The van der Waals surface area contributed by atoms with Gasteiger partial charge in [0.15, 0.2) is 0 Å². The maximum absolute atomic E-state index is 13.4. The molecular weight excluding hydrogens is 468 g/mol. The number of aromatic amines is 1. The number of nitrogens with zero attached hydrogens (tertiary/aromatic N) is 2. The summed E-state index contributed by atoms with van der Waals surface area (Å²) in [6, 6.07) is 6.07. The molecular formula is C26H35ClN4O4. The lowest BCUT2D eigenvalue weighted by Crippen LogP contribution is -2.52. The zero-order valence-electron chi connectivity index (χ0n) is 20.4. The number of H-pyrrole nitrogens is 1. The van der Waals surface area contributed by atoms with Crippen LogP contribution in [0.1, 0.15) is 49.5 Å². The summed E-state index contributed by atoms with van der Waals surface area (Å²) in [7, 11) is 2.16. The van der Waals surface area contributed by atoms with Crippen LogP contribution in [0.2, 0.25) is 5.02 Å². The minimum atomic E-state index is -0.988. The third-order valence-corrected chi connectivity index (χ3v) is 7.96. The van der Waals surface area contributed by atoms with Gasteiger partial charge in [-0.05, 0) is 88.3 Å². The lowest BCUT2D eigenvalue weighted by atomic mass is 9.79. The summed E-state index contributed by atoms with van der Waals surface area (Å²) < 4.78 is 0. The Balaban J connectivity index is 1.42. The highest BCUT2D eigenvalue weighted by atomic mass is 35.5. The molecule has 0 aliphatic carbocycles. The summed E-state index contributed by atoms with van der Waals surface area (Å²) in [6.07, 6.45) is 4.37. The number of hydrogen-bond donors (Lipinski definition) is 3. The summed E-state index contributed by atoms with van der Waals surface area (Å²) in [6.45, 7) is 5.12. The van der Waals surface area contributed by atoms with Gasteiger partial charge in [0, 0.05) is 29.0 Å². The number of aliphatic carboxylic acids is 1. The number of nitrogens with one attached hydrogen (secondary N) is 2. The van der Waals surface area contributed by atoms with Crippen LogP contribution < -0.4 is 5.32 Å². The van der Waals surface area contributed by atoms with Gasteiger partial charge in [-0.2, -0.15) is 0 Å². The molecule has 4 rings (SSSR count). The third kappa shape index (κ3) is 6.16. The largest absolute Gasteiger partial charge is 0.481 e. The molecule has 2 atom stereocenters. The molecule has 0 radical (unpaired) electrons. The van der Waals surface area contributed by atoms with Crippen LogP contribution in [-0.4, -0.2) is 76.9 Å². The second-order valence-corrected chi connectivity index (χ2v) is 10.7. The van der Waals surface area contributed by atoms with E-state index >= 15 is 0 Å². The van der Waals surface area contributed by atoms with Gasteiger partial charge in [0.25, 0.3) is 5.91 Å². The molecule has 190 valence electrons. The van der Waals surface area contributed by atoms with Crippen LogP contribution in [0.4, 0.5) is 0 Å². The van der Waals surface area contributed by atoms with Gasteiger partial charge in [-0.3, -0.25) is 14.4 Å². The summed E-state index contributed by atoms with van der Waals surface area (Å²) in [5.74, 6) is -1.05. The first-order chi connectivity index (χ1) is 16.7. The number of hydrogen-bond acceptors (Lipinski definition) is 4. The maximum Gasteiger partial charge on any atom is 0.306 e. The molecule has 8 nitrogen and oxygen atoms in total. The van der Waals surface area contributed by atoms with E-state index in [0.717, 1.165) is 36.8 Å². The van der Waals surface area contributed by atoms with E-state index in [1.54, 1.807) is 36.1 Å². The van der Waals surface area contributed by atoms with E-state index in [2.05, 4.69) is 22.2 Å². The zero-order chi connectivity index (χ0) is 25.1. The molecule has 2 saturated heterocycles. The van der Waals surface area contributed by atoms with Crippen molar-refractivity contribution in [3.05, 3.63) is 35.0 Å². The van der Waals surface area contributed by atoms with Crippen LogP contribution >= 0.6 is 11.6 Å². The molecule has 1 unspecified atom stereocenters. The number of fused-ring (bicyclic) bond motifs is 1. The molecule has 3 N–H and O–H groups in total. The van der Waals surface area contributed by atoms with Crippen LogP contribution in [0.3, 0.4) is 0 Å². The lowest BCUT2D eigenvalue weighted by molar-refractivity contribution is -0.142. The smallest absolute Gasteiger partial charge is 0.306 e. The maximum atomic E-state index is 13.4. The summed E-state index contributed by atoms with van der Waals surface area (Å²) >= 11 is 6.05. The van der Waals surface area contributed by atoms with Gasteiger partial charge in [0.2, 0.25) is 5.91 Å². The third-order valence-electron chi connectivity index (χ3n) is 7.72. The van der Waals surface area contributed by atoms with Crippen LogP contribution in [0, 0.1) is 17.8 Å². The number of carboxylic acids is 1. The van der Waals surface area contributed by atoms with Gasteiger partial charge in [0.1, 0.15) is 11.7 Å². The SMILES string of the molecule is CC(C[C@@H](NC(=O)c1cc2cc(Cl)ccc2[nH]1)C(=O)N1CCC(C2CCN(C)CC2)CC1)C(=O)O. The average molecular weight is 503 g/mol. The highest BCUT2D eigenvalue weighted by Crippen LogP contribution is 2.32. The van der Waals surface area contributed by atoms with E-state index in [-0.39, 0.29) is 12.3 Å². The summed E-state index contributed by atoms with van der Waals surface area (Å²) in [5, 5.41) is 13.6. The van der Waals surface area contributed by atoms with Gasteiger partial charge in [-0.15, -0.1) is 0 Å². The number of piperidine rings is 2. The van der Waals surface area contributed by atoms with E-state index in [1.807, 2.05) is 0 Å². The first kappa shape index (κ1) is 25.5. The Hall–Kier alpha value is -2.58. The molecule has 1 aromatic carbocycles.